The first kappa shape index (κ1) is 26.6. The minimum Gasteiger partial charge on any atom is -0.494 e. The second kappa shape index (κ2) is 10.3. The van der Waals surface area contributed by atoms with E-state index in [-0.39, 0.29) is 30.5 Å². The summed E-state index contributed by atoms with van der Waals surface area (Å²) in [6.45, 7) is 4.06. The van der Waals surface area contributed by atoms with Gasteiger partial charge < -0.3 is 14.6 Å². The number of hydrogen-bond donors (Lipinski definition) is 1. The van der Waals surface area contributed by atoms with Gasteiger partial charge in [0.1, 0.15) is 33.5 Å². The van der Waals surface area contributed by atoms with E-state index >= 15 is 0 Å². The van der Waals surface area contributed by atoms with Gasteiger partial charge in [0.2, 0.25) is 10.0 Å². The van der Waals surface area contributed by atoms with Crippen molar-refractivity contribution in [1.29, 1.82) is 0 Å². The lowest BCUT2D eigenvalue weighted by Gasteiger charge is -2.24. The van der Waals surface area contributed by atoms with Crippen LogP contribution in [-0.4, -0.2) is 58.6 Å². The zero-order valence-corrected chi connectivity index (χ0v) is 23.0. The molecule has 0 saturated heterocycles. The number of para-hydroxylation sites is 1. The van der Waals surface area contributed by atoms with Crippen LogP contribution in [0, 0.1) is 6.92 Å². The zero-order chi connectivity index (χ0) is 27.9. The van der Waals surface area contributed by atoms with Crippen molar-refractivity contribution in [3.63, 3.8) is 0 Å². The van der Waals surface area contributed by atoms with Crippen LogP contribution in [0.1, 0.15) is 41.5 Å². The van der Waals surface area contributed by atoms with E-state index in [0.29, 0.717) is 22.5 Å². The van der Waals surface area contributed by atoms with Crippen LogP contribution in [0.15, 0.2) is 59.5 Å². The van der Waals surface area contributed by atoms with Gasteiger partial charge in [-0.15, -0.1) is 5.10 Å². The summed E-state index contributed by atoms with van der Waals surface area (Å²) in [5.74, 6) is -0.599. The van der Waals surface area contributed by atoms with E-state index in [1.54, 1.807) is 43.1 Å². The Morgan fingerprint density at radius 1 is 1.18 bits per heavy atom. The average Bonchev–Trinajstić information content (AvgIpc) is 3.24. The number of sulfonamides is 1. The summed E-state index contributed by atoms with van der Waals surface area (Å²) in [5.41, 5.74) is 4.46. The monoisotopic (exact) mass is 550 g/mol. The molecule has 0 bridgehead atoms. The fourth-order valence-electron chi connectivity index (χ4n) is 5.09. The van der Waals surface area contributed by atoms with Gasteiger partial charge in [-0.25, -0.2) is 13.1 Å². The van der Waals surface area contributed by atoms with Gasteiger partial charge in [0.05, 0.1) is 20.1 Å². The molecule has 1 aromatic heterocycles. The van der Waals surface area contributed by atoms with Crippen molar-refractivity contribution < 1.29 is 27.8 Å². The van der Waals surface area contributed by atoms with Gasteiger partial charge in [-0.05, 0) is 60.4 Å². The Hall–Kier alpha value is -3.96. The number of fused-ring (bicyclic) bond motifs is 2. The minimum atomic E-state index is -3.82. The van der Waals surface area contributed by atoms with Gasteiger partial charge in [0, 0.05) is 19.5 Å². The van der Waals surface area contributed by atoms with Crippen LogP contribution in [0.25, 0.3) is 11.0 Å². The molecular formula is C28H30N4O6S. The maximum absolute atomic E-state index is 13.6. The topological polar surface area (TPSA) is 124 Å². The van der Waals surface area contributed by atoms with Crippen LogP contribution in [-0.2, 0) is 28.4 Å². The highest BCUT2D eigenvalue weighted by molar-refractivity contribution is 7.89. The quantitative estimate of drug-likeness (QED) is 0.368. The summed E-state index contributed by atoms with van der Waals surface area (Å²) in [6, 6.07) is 16.0. The number of benzene rings is 3. The number of carboxylic acids is 1. The number of carboxylic acid groups (broad SMARTS) is 1. The van der Waals surface area contributed by atoms with Crippen molar-refractivity contribution in [3.8, 4) is 11.5 Å². The zero-order valence-electron chi connectivity index (χ0n) is 22.2. The maximum atomic E-state index is 13.6. The van der Waals surface area contributed by atoms with E-state index < -0.39 is 21.9 Å². The average molecular weight is 551 g/mol. The third kappa shape index (κ3) is 5.07. The Labute approximate surface area is 226 Å². The number of aryl methyl sites for hydroxylation is 2. The number of aliphatic carboxylic acids is 1. The number of ether oxygens (including phenoxy) is 2. The Morgan fingerprint density at radius 2 is 1.95 bits per heavy atom. The lowest BCUT2D eigenvalue weighted by atomic mass is 9.86. The number of nitrogens with zero attached hydrogens (tertiary/aromatic N) is 4. The van der Waals surface area contributed by atoms with Crippen molar-refractivity contribution in [3.05, 3.63) is 76.9 Å². The molecule has 4 aromatic rings. The molecule has 1 aliphatic rings. The molecule has 2 heterocycles. The van der Waals surface area contributed by atoms with Crippen LogP contribution in [0.4, 0.5) is 0 Å². The SMILES string of the molecule is COc1cc([C@@H](CC(=O)O)c2ccc(C)c(CN3C[C@@H](C)Oc4ccccc4S3(=O)=O)c2)cc2nnn(C)c12. The fourth-order valence-corrected chi connectivity index (χ4v) is 6.71. The van der Waals surface area contributed by atoms with Gasteiger partial charge in [0.15, 0.2) is 0 Å². The van der Waals surface area contributed by atoms with Crippen LogP contribution < -0.4 is 9.47 Å². The maximum Gasteiger partial charge on any atom is 0.304 e. The van der Waals surface area contributed by atoms with E-state index in [2.05, 4.69) is 10.3 Å². The van der Waals surface area contributed by atoms with Crippen molar-refractivity contribution in [1.82, 2.24) is 19.3 Å². The number of rotatable bonds is 7. The molecule has 0 aliphatic carbocycles. The van der Waals surface area contributed by atoms with Crippen molar-refractivity contribution >= 4 is 27.0 Å². The molecular weight excluding hydrogens is 520 g/mol. The summed E-state index contributed by atoms with van der Waals surface area (Å²) < 4.78 is 41.7. The lowest BCUT2D eigenvalue weighted by molar-refractivity contribution is -0.137. The predicted octanol–water partition coefficient (Wildman–Crippen LogP) is 3.86. The van der Waals surface area contributed by atoms with Gasteiger partial charge in [-0.3, -0.25) is 4.79 Å². The van der Waals surface area contributed by atoms with Gasteiger partial charge in [-0.2, -0.15) is 4.31 Å². The highest BCUT2D eigenvalue weighted by atomic mass is 32.2. The van der Waals surface area contributed by atoms with E-state index in [0.717, 1.165) is 22.3 Å². The summed E-state index contributed by atoms with van der Waals surface area (Å²) in [5, 5.41) is 18.1. The Kier molecular flexibility index (Phi) is 7.04. The van der Waals surface area contributed by atoms with Crippen LogP contribution in [0.2, 0.25) is 0 Å². The molecule has 0 saturated carbocycles. The third-order valence-electron chi connectivity index (χ3n) is 7.07. The normalized spacial score (nSPS) is 17.7. The first-order valence-electron chi connectivity index (χ1n) is 12.5. The molecule has 0 amide bonds. The highest BCUT2D eigenvalue weighted by Gasteiger charge is 2.33. The summed E-state index contributed by atoms with van der Waals surface area (Å²) in [4.78, 5) is 12.1. The predicted molar refractivity (Wildman–Crippen MR) is 144 cm³/mol. The summed E-state index contributed by atoms with van der Waals surface area (Å²) >= 11 is 0. The number of methoxy groups -OCH3 is 1. The molecule has 0 unspecified atom stereocenters. The van der Waals surface area contributed by atoms with Crippen LogP contribution in [0.5, 0.6) is 11.5 Å². The molecule has 204 valence electrons. The summed E-state index contributed by atoms with van der Waals surface area (Å²) in [7, 11) is -0.511. The van der Waals surface area contributed by atoms with Crippen LogP contribution in [0.3, 0.4) is 0 Å². The molecule has 39 heavy (non-hydrogen) atoms. The van der Waals surface area contributed by atoms with Crippen molar-refractivity contribution in [2.75, 3.05) is 13.7 Å². The molecule has 1 N–H and O–H groups in total. The van der Waals surface area contributed by atoms with Crippen molar-refractivity contribution in [2.24, 2.45) is 7.05 Å². The third-order valence-corrected chi connectivity index (χ3v) is 8.92. The number of aromatic nitrogens is 3. The van der Waals surface area contributed by atoms with Crippen molar-refractivity contribution in [2.45, 2.75) is 43.7 Å². The molecule has 0 spiro atoms. The number of carbonyl (C=O) groups is 1. The first-order valence-corrected chi connectivity index (χ1v) is 14.0. The standard InChI is InChI=1S/C28H30N4O6S/c1-17-9-10-19(22(14-27(33)34)20-12-23-28(25(13-20)37-4)31(3)30-29-23)11-21(17)16-32-15-18(2)38-24-7-5-6-8-26(24)39(32,35)36/h5-13,18,22H,14-16H2,1-4H3,(H,33,34)/t18-,22+/m1/s1. The van der Waals surface area contributed by atoms with Gasteiger partial charge in [0.25, 0.3) is 0 Å². The van der Waals surface area contributed by atoms with E-state index in [9.17, 15) is 18.3 Å². The number of hydrogen-bond acceptors (Lipinski definition) is 7. The lowest BCUT2D eigenvalue weighted by Crippen LogP contribution is -2.35. The Bertz CT molecular complexity index is 1670. The second-order valence-corrected chi connectivity index (χ2v) is 11.7. The molecule has 11 heteroatoms. The molecule has 5 rings (SSSR count). The Balaban J connectivity index is 1.56. The van der Waals surface area contributed by atoms with E-state index in [4.69, 9.17) is 9.47 Å². The molecule has 0 fully saturated rings. The summed E-state index contributed by atoms with van der Waals surface area (Å²) in [6.07, 6.45) is -0.518. The van der Waals surface area contributed by atoms with Gasteiger partial charge >= 0.3 is 5.97 Å². The Morgan fingerprint density at radius 3 is 2.69 bits per heavy atom. The smallest absolute Gasteiger partial charge is 0.304 e. The second-order valence-electron chi connectivity index (χ2n) is 9.81. The molecule has 10 nitrogen and oxygen atoms in total. The molecule has 2 atom stereocenters. The molecule has 3 aromatic carbocycles. The first-order chi connectivity index (χ1) is 18.6. The van der Waals surface area contributed by atoms with Gasteiger partial charge in [-0.1, -0.05) is 35.5 Å². The highest BCUT2D eigenvalue weighted by Crippen LogP contribution is 2.36. The molecule has 0 radical (unpaired) electrons. The fraction of sp³-hybridized carbons (Fsp3) is 0.321. The van der Waals surface area contributed by atoms with Crippen LogP contribution >= 0.6 is 0 Å². The van der Waals surface area contributed by atoms with E-state index in [1.165, 1.54) is 4.31 Å². The minimum absolute atomic E-state index is 0.121. The molecule has 1 aliphatic heterocycles. The largest absolute Gasteiger partial charge is 0.494 e. The van der Waals surface area contributed by atoms with E-state index in [1.807, 2.05) is 44.2 Å².